The van der Waals surface area contributed by atoms with E-state index in [1.165, 1.54) is 11.0 Å². The maximum Gasteiger partial charge on any atom is 0.414 e. The maximum atomic E-state index is 15.0. The zero-order valence-electron chi connectivity index (χ0n) is 17.8. The largest absolute Gasteiger partial charge is 0.442 e. The van der Waals surface area contributed by atoms with Gasteiger partial charge in [-0.3, -0.25) is 10.00 Å². The molecule has 3 heterocycles. The fraction of sp³-hybridized carbons (Fsp3) is 0.450. The van der Waals surface area contributed by atoms with Gasteiger partial charge in [-0.25, -0.2) is 14.2 Å². The third kappa shape index (κ3) is 4.80. The number of carbonyl (C=O) groups excluding carboxylic acids is 1. The van der Waals surface area contributed by atoms with E-state index in [0.29, 0.717) is 72.3 Å². The first-order valence-electron chi connectivity index (χ1n) is 10.3. The average molecular weight is 478 g/mol. The Hall–Kier alpha value is -2.86. The van der Waals surface area contributed by atoms with E-state index in [4.69, 9.17) is 29.2 Å². The van der Waals surface area contributed by atoms with Crippen molar-refractivity contribution in [3.05, 3.63) is 35.7 Å². The molecule has 0 radical (unpaired) electrons. The van der Waals surface area contributed by atoms with Crippen LogP contribution in [0.25, 0.3) is 0 Å². The van der Waals surface area contributed by atoms with Gasteiger partial charge >= 0.3 is 6.09 Å². The highest BCUT2D eigenvalue weighted by Gasteiger charge is 2.33. The van der Waals surface area contributed by atoms with Gasteiger partial charge in [-0.1, -0.05) is 24.4 Å². The van der Waals surface area contributed by atoms with E-state index in [1.54, 1.807) is 19.1 Å². The number of hydrogen-bond donors (Lipinski definition) is 2. The summed E-state index contributed by atoms with van der Waals surface area (Å²) in [4.78, 5) is 23.2. The first-order chi connectivity index (χ1) is 15.3. The number of H-pyrrole nitrogens is 1. The number of piperazine rings is 1. The van der Waals surface area contributed by atoms with Crippen LogP contribution in [0.3, 0.4) is 0 Å². The number of hydrogen-bond acceptors (Lipinski definition) is 7. The second-order valence-electron chi connectivity index (χ2n) is 7.71. The number of aromatic amines is 1. The third-order valence-electron chi connectivity index (χ3n) is 5.39. The number of benzene rings is 1. The molecule has 0 bridgehead atoms. The molecule has 32 heavy (non-hydrogen) atoms. The van der Waals surface area contributed by atoms with Gasteiger partial charge in [-0.15, -0.1) is 0 Å². The lowest BCUT2D eigenvalue weighted by Gasteiger charge is -2.37. The molecule has 2 aromatic rings. The van der Waals surface area contributed by atoms with Crippen LogP contribution in [0.1, 0.15) is 18.6 Å². The van der Waals surface area contributed by atoms with E-state index in [-0.39, 0.29) is 11.9 Å². The summed E-state index contributed by atoms with van der Waals surface area (Å²) < 4.78 is 20.3. The van der Waals surface area contributed by atoms with Gasteiger partial charge < -0.3 is 19.9 Å². The second kappa shape index (κ2) is 9.33. The Balaban J connectivity index is 1.37. The average Bonchev–Trinajstić information content (AvgIpc) is 3.37. The Kier molecular flexibility index (Phi) is 6.51. The lowest BCUT2D eigenvalue weighted by Crippen LogP contribution is -2.49. The lowest BCUT2D eigenvalue weighted by atomic mass is 10.2. The second-order valence-corrected chi connectivity index (χ2v) is 8.71. The van der Waals surface area contributed by atoms with Crippen molar-refractivity contribution in [2.75, 3.05) is 49.1 Å². The predicted octanol–water partition coefficient (Wildman–Crippen LogP) is 2.01. The molecular weight excluding hydrogens is 453 g/mol. The van der Waals surface area contributed by atoms with Crippen molar-refractivity contribution in [2.45, 2.75) is 20.0 Å². The molecule has 170 valence electrons. The van der Waals surface area contributed by atoms with Crippen LogP contribution in [0.2, 0.25) is 0 Å². The highest BCUT2D eigenvalue weighted by atomic mass is 32.1. The molecule has 2 saturated heterocycles. The van der Waals surface area contributed by atoms with Crippen molar-refractivity contribution in [3.8, 4) is 0 Å². The summed E-state index contributed by atoms with van der Waals surface area (Å²) in [6, 6.07) is 4.83. The van der Waals surface area contributed by atoms with E-state index >= 15 is 0 Å². The number of rotatable bonds is 5. The molecule has 1 amide bonds. The van der Waals surface area contributed by atoms with Gasteiger partial charge in [0.25, 0.3) is 0 Å². The number of aromatic nitrogens is 3. The molecule has 2 aliphatic heterocycles. The number of thiocarbonyl (C=S) groups is 2. The topological polar surface area (TPSA) is 89.6 Å². The van der Waals surface area contributed by atoms with Crippen molar-refractivity contribution >= 4 is 51.9 Å². The number of cyclic esters (lactones) is 1. The molecule has 1 aromatic carbocycles. The Morgan fingerprint density at radius 2 is 2.06 bits per heavy atom. The Morgan fingerprint density at radius 3 is 2.69 bits per heavy atom. The number of anilines is 2. The molecule has 2 aliphatic rings. The normalized spacial score (nSPS) is 18.7. The van der Waals surface area contributed by atoms with Crippen molar-refractivity contribution < 1.29 is 13.9 Å². The lowest BCUT2D eigenvalue weighted by molar-refractivity contribution is 0.143. The quantitative estimate of drug-likeness (QED) is 0.628. The number of carbonyl (C=O) groups is 1. The molecule has 9 nitrogen and oxygen atoms in total. The molecular formula is C20H24FN7O2S2. The van der Waals surface area contributed by atoms with Crippen LogP contribution in [-0.2, 0) is 4.74 Å². The van der Waals surface area contributed by atoms with Crippen molar-refractivity contribution in [3.63, 3.8) is 0 Å². The van der Waals surface area contributed by atoms with Gasteiger partial charge in [0.2, 0.25) is 5.82 Å². The van der Waals surface area contributed by atoms with Gasteiger partial charge in [0.1, 0.15) is 22.7 Å². The van der Waals surface area contributed by atoms with Gasteiger partial charge in [-0.05, 0) is 32.0 Å². The summed E-state index contributed by atoms with van der Waals surface area (Å²) in [5.74, 6) is 0.835. The van der Waals surface area contributed by atoms with Crippen LogP contribution in [0.15, 0.2) is 18.2 Å². The highest BCUT2D eigenvalue weighted by molar-refractivity contribution is 7.80. The number of aryl methyl sites for hydroxylation is 1. The van der Waals surface area contributed by atoms with E-state index in [1.807, 2.05) is 16.7 Å². The van der Waals surface area contributed by atoms with Crippen LogP contribution >= 0.6 is 24.4 Å². The summed E-state index contributed by atoms with van der Waals surface area (Å²) in [5.41, 5.74) is 0.966. The van der Waals surface area contributed by atoms with Crippen LogP contribution in [-0.4, -0.2) is 81.5 Å². The zero-order valence-corrected chi connectivity index (χ0v) is 19.4. The summed E-state index contributed by atoms with van der Waals surface area (Å²) in [5, 5.41) is 9.90. The van der Waals surface area contributed by atoms with Crippen molar-refractivity contribution in [1.82, 2.24) is 25.4 Å². The van der Waals surface area contributed by atoms with Gasteiger partial charge in [0, 0.05) is 26.2 Å². The van der Waals surface area contributed by atoms with Crippen LogP contribution in [0, 0.1) is 12.7 Å². The Bertz CT molecular complexity index is 1040. The minimum Gasteiger partial charge on any atom is -0.442 e. The minimum atomic E-state index is -0.490. The molecule has 2 N–H and O–H groups in total. The van der Waals surface area contributed by atoms with Crippen LogP contribution in [0.5, 0.6) is 0 Å². The van der Waals surface area contributed by atoms with Gasteiger partial charge in [0.05, 0.1) is 29.5 Å². The van der Waals surface area contributed by atoms with E-state index in [9.17, 15) is 9.18 Å². The minimum absolute atomic E-state index is 0.337. The summed E-state index contributed by atoms with van der Waals surface area (Å²) in [7, 11) is 0. The predicted molar refractivity (Wildman–Crippen MR) is 127 cm³/mol. The number of nitrogens with zero attached hydrogens (tertiary/aromatic N) is 5. The summed E-state index contributed by atoms with van der Waals surface area (Å²) in [6.45, 7) is 6.84. The molecule has 12 heteroatoms. The van der Waals surface area contributed by atoms with Crippen molar-refractivity contribution in [1.29, 1.82) is 0 Å². The van der Waals surface area contributed by atoms with E-state index in [0.717, 1.165) is 0 Å². The monoisotopic (exact) mass is 477 g/mol. The molecule has 0 saturated carbocycles. The van der Waals surface area contributed by atoms with Gasteiger partial charge in [-0.2, -0.15) is 5.10 Å². The van der Waals surface area contributed by atoms with Crippen molar-refractivity contribution in [2.24, 2.45) is 0 Å². The Labute approximate surface area is 195 Å². The fourth-order valence-electron chi connectivity index (χ4n) is 3.75. The standard InChI is InChI=1S/C20H24FN7O2S2/c1-12-23-18(25-24-12)19(32)27-7-5-26(6-8-27)17-4-3-14(9-16(17)21)28-11-15(30-20(28)29)10-22-13(2)31/h3-4,9,15H,5-8,10-11H2,1-2H3,(H,22,31)(H,23,24,25)/t15-/m0/s1. The maximum absolute atomic E-state index is 15.0. The molecule has 0 aliphatic carbocycles. The van der Waals surface area contributed by atoms with Crippen LogP contribution in [0.4, 0.5) is 20.6 Å². The first kappa shape index (κ1) is 22.3. The first-order valence-corrected chi connectivity index (χ1v) is 11.1. The van der Waals surface area contributed by atoms with E-state index in [2.05, 4.69) is 20.5 Å². The number of halogens is 1. The Morgan fingerprint density at radius 1 is 1.31 bits per heavy atom. The number of amides is 1. The number of ether oxygens (including phenoxy) is 1. The molecule has 0 unspecified atom stereocenters. The SMILES string of the molecule is CC(=S)NC[C@H]1CN(c2ccc(N3CCN(C(=S)c4n[nH]c(C)n4)CC3)c(F)c2)C(=O)O1. The number of nitrogens with one attached hydrogen (secondary N) is 2. The van der Waals surface area contributed by atoms with Gasteiger partial charge in [0.15, 0.2) is 0 Å². The fourth-order valence-corrected chi connectivity index (χ4v) is 4.10. The molecule has 2 fully saturated rings. The zero-order chi connectivity index (χ0) is 22.8. The summed E-state index contributed by atoms with van der Waals surface area (Å²) >= 11 is 10.5. The molecule has 1 aromatic heterocycles. The molecule has 1 atom stereocenters. The van der Waals surface area contributed by atoms with Crippen LogP contribution < -0.4 is 15.1 Å². The molecule has 0 spiro atoms. The smallest absolute Gasteiger partial charge is 0.414 e. The third-order valence-corrected chi connectivity index (χ3v) is 5.98. The highest BCUT2D eigenvalue weighted by Crippen LogP contribution is 2.28. The molecule has 4 rings (SSSR count). The van der Waals surface area contributed by atoms with E-state index < -0.39 is 6.09 Å². The summed E-state index contributed by atoms with van der Waals surface area (Å²) in [6.07, 6.45) is -0.830.